The van der Waals surface area contributed by atoms with E-state index >= 15 is 0 Å². The van der Waals surface area contributed by atoms with E-state index in [1.165, 1.54) is 37.6 Å². The summed E-state index contributed by atoms with van der Waals surface area (Å²) in [6.07, 6.45) is 5.18. The largest absolute Gasteiger partial charge is 0.376 e. The fourth-order valence-corrected chi connectivity index (χ4v) is 4.99. The van der Waals surface area contributed by atoms with Crippen LogP contribution in [0, 0.1) is 5.92 Å². The van der Waals surface area contributed by atoms with Crippen molar-refractivity contribution in [3.8, 4) is 11.1 Å². The first kappa shape index (κ1) is 27.4. The van der Waals surface area contributed by atoms with Gasteiger partial charge in [0.25, 0.3) is 0 Å². The van der Waals surface area contributed by atoms with E-state index in [-0.39, 0.29) is 6.04 Å². The van der Waals surface area contributed by atoms with Crippen LogP contribution in [0.4, 0.5) is 0 Å². The van der Waals surface area contributed by atoms with Crippen LogP contribution in [0.2, 0.25) is 0 Å². The van der Waals surface area contributed by atoms with Crippen molar-refractivity contribution in [2.24, 2.45) is 10.9 Å². The Labute approximate surface area is 222 Å². The zero-order chi connectivity index (χ0) is 26.2. The summed E-state index contributed by atoms with van der Waals surface area (Å²) in [4.78, 5) is 7.43. The number of thiophene rings is 1. The molecule has 0 bridgehead atoms. The van der Waals surface area contributed by atoms with Gasteiger partial charge >= 0.3 is 0 Å². The van der Waals surface area contributed by atoms with Crippen molar-refractivity contribution in [1.82, 2.24) is 5.32 Å². The van der Waals surface area contributed by atoms with Gasteiger partial charge in [0.15, 0.2) is 0 Å². The Bertz CT molecular complexity index is 1250. The molecule has 1 atom stereocenters. The molecule has 1 N–H and O–H groups in total. The van der Waals surface area contributed by atoms with Crippen molar-refractivity contribution in [2.45, 2.75) is 60.9 Å². The molecule has 0 aliphatic carbocycles. The van der Waals surface area contributed by atoms with Crippen LogP contribution < -0.4 is 5.32 Å². The fraction of sp³-hybridized carbons (Fsp3) is 0.303. The molecule has 2 nitrogen and oxygen atoms in total. The minimum absolute atomic E-state index is 0.130. The molecule has 0 radical (unpaired) electrons. The third-order valence-electron chi connectivity index (χ3n) is 6.66. The Hall–Kier alpha value is -3.17. The summed E-state index contributed by atoms with van der Waals surface area (Å²) in [5.41, 5.74) is 9.37. The average Bonchev–Trinajstić information content (AvgIpc) is 3.39. The van der Waals surface area contributed by atoms with Crippen molar-refractivity contribution in [2.75, 3.05) is 0 Å². The summed E-state index contributed by atoms with van der Waals surface area (Å²) in [5, 5.41) is 3.63. The van der Waals surface area contributed by atoms with Crippen LogP contribution in [0.5, 0.6) is 0 Å². The van der Waals surface area contributed by atoms with Crippen LogP contribution in [-0.4, -0.2) is 11.8 Å². The van der Waals surface area contributed by atoms with Gasteiger partial charge in [-0.05, 0) is 85.6 Å². The molecule has 2 aromatic carbocycles. The molecule has 1 heterocycles. The maximum absolute atomic E-state index is 4.85. The molecule has 0 saturated heterocycles. The highest BCUT2D eigenvalue weighted by molar-refractivity contribution is 7.13. The smallest absolute Gasteiger partial charge is 0.0666 e. The maximum Gasteiger partial charge on any atom is 0.0666 e. The molecule has 0 saturated carbocycles. The zero-order valence-corrected chi connectivity index (χ0v) is 23.7. The number of hydrogen-bond acceptors (Lipinski definition) is 3. The lowest BCUT2D eigenvalue weighted by atomic mass is 9.98. The number of nitrogens with zero attached hydrogens (tertiary/aromatic N) is 1. The summed E-state index contributed by atoms with van der Waals surface area (Å²) in [6, 6.07) is 22.0. The number of rotatable bonds is 10. The molecule has 188 valence electrons. The van der Waals surface area contributed by atoms with Crippen LogP contribution in [0.15, 0.2) is 84.5 Å². The number of aryl methyl sites for hydroxylation is 1. The van der Waals surface area contributed by atoms with E-state index in [1.54, 1.807) is 0 Å². The van der Waals surface area contributed by atoms with E-state index in [4.69, 9.17) is 4.99 Å². The molecule has 0 fully saturated rings. The molecule has 0 spiro atoms. The number of aliphatic imine (C=N–C) groups is 1. The Morgan fingerprint density at radius 1 is 0.889 bits per heavy atom. The summed E-state index contributed by atoms with van der Waals surface area (Å²) in [7, 11) is 0. The van der Waals surface area contributed by atoms with Gasteiger partial charge < -0.3 is 5.32 Å². The van der Waals surface area contributed by atoms with Crippen molar-refractivity contribution < 1.29 is 0 Å². The lowest BCUT2D eigenvalue weighted by Crippen LogP contribution is -2.38. The number of nitrogens with one attached hydrogen (secondary N) is 1. The molecule has 0 amide bonds. The van der Waals surface area contributed by atoms with Gasteiger partial charge in [-0.15, -0.1) is 11.3 Å². The fourth-order valence-electron chi connectivity index (χ4n) is 4.11. The second-order valence-electron chi connectivity index (χ2n) is 9.67. The van der Waals surface area contributed by atoms with Gasteiger partial charge in [-0.3, -0.25) is 4.99 Å². The predicted octanol–water partition coefficient (Wildman–Crippen LogP) is 9.51. The van der Waals surface area contributed by atoms with Crippen LogP contribution in [0.3, 0.4) is 0 Å². The maximum atomic E-state index is 4.85. The SMILES string of the molecule is C=C(N[C@H](C(C)=N/C=C(\C)c1ccc(-c2ccc(/C(C)=C/C)cc2)cc1)C(C)C)c1ccc(CC)s1. The standard InChI is InChI=1S/C33H40N2S/c1-9-23(5)27-11-15-29(16-12-27)30-17-13-28(14-18-30)24(6)21-34-26(8)33(22(3)4)35-25(7)32-20-19-31(10-2)36-32/h9,11-22,33,35H,7,10H2,1-6,8H3/b23-9+,24-21+,34-26?/t33-/m0/s1. The third kappa shape index (κ3) is 6.95. The first-order valence-corrected chi connectivity index (χ1v) is 13.6. The minimum Gasteiger partial charge on any atom is -0.376 e. The van der Waals surface area contributed by atoms with Crippen molar-refractivity contribution in [3.05, 3.63) is 100 Å². The van der Waals surface area contributed by atoms with E-state index in [0.29, 0.717) is 5.92 Å². The molecular weight excluding hydrogens is 456 g/mol. The van der Waals surface area contributed by atoms with Gasteiger partial charge in [-0.1, -0.05) is 82.0 Å². The molecule has 1 aromatic heterocycles. The van der Waals surface area contributed by atoms with Crippen molar-refractivity contribution in [3.63, 3.8) is 0 Å². The van der Waals surface area contributed by atoms with Gasteiger partial charge in [0, 0.05) is 27.4 Å². The summed E-state index contributed by atoms with van der Waals surface area (Å²) in [6.45, 7) is 19.4. The summed E-state index contributed by atoms with van der Waals surface area (Å²) >= 11 is 1.81. The van der Waals surface area contributed by atoms with Gasteiger partial charge in [0.2, 0.25) is 0 Å². The molecule has 0 aliphatic heterocycles. The highest BCUT2D eigenvalue weighted by Gasteiger charge is 2.18. The zero-order valence-electron chi connectivity index (χ0n) is 22.9. The molecule has 3 heteroatoms. The van der Waals surface area contributed by atoms with E-state index < -0.39 is 0 Å². The Morgan fingerprint density at radius 3 is 1.92 bits per heavy atom. The average molecular weight is 497 g/mol. The Balaban J connectivity index is 1.71. The quantitative estimate of drug-likeness (QED) is 0.278. The van der Waals surface area contributed by atoms with Crippen LogP contribution in [0.25, 0.3) is 28.0 Å². The molecule has 0 unspecified atom stereocenters. The van der Waals surface area contributed by atoms with Gasteiger partial charge in [-0.25, -0.2) is 0 Å². The highest BCUT2D eigenvalue weighted by Crippen LogP contribution is 2.26. The summed E-state index contributed by atoms with van der Waals surface area (Å²) in [5.74, 6) is 0.395. The van der Waals surface area contributed by atoms with Gasteiger partial charge in [-0.2, -0.15) is 0 Å². The topological polar surface area (TPSA) is 24.4 Å². The summed E-state index contributed by atoms with van der Waals surface area (Å²) < 4.78 is 0. The van der Waals surface area contributed by atoms with E-state index in [1.807, 2.05) is 17.5 Å². The number of hydrogen-bond donors (Lipinski definition) is 1. The number of benzene rings is 2. The molecule has 3 rings (SSSR count). The van der Waals surface area contributed by atoms with Crippen molar-refractivity contribution >= 4 is 33.9 Å². The van der Waals surface area contributed by atoms with E-state index in [9.17, 15) is 0 Å². The monoisotopic (exact) mass is 496 g/mol. The second kappa shape index (κ2) is 12.7. The predicted molar refractivity (Wildman–Crippen MR) is 162 cm³/mol. The Kier molecular flexibility index (Phi) is 9.66. The minimum atomic E-state index is 0.130. The molecule has 0 aliphatic rings. The van der Waals surface area contributed by atoms with Crippen LogP contribution in [-0.2, 0) is 6.42 Å². The van der Waals surface area contributed by atoms with Crippen LogP contribution in [0.1, 0.15) is 69.3 Å². The molecular formula is C33H40N2S. The molecule has 3 aromatic rings. The van der Waals surface area contributed by atoms with Crippen LogP contribution >= 0.6 is 11.3 Å². The van der Waals surface area contributed by atoms with E-state index in [0.717, 1.165) is 23.4 Å². The highest BCUT2D eigenvalue weighted by atomic mass is 32.1. The second-order valence-corrected chi connectivity index (χ2v) is 10.8. The van der Waals surface area contributed by atoms with Crippen molar-refractivity contribution in [1.29, 1.82) is 0 Å². The van der Waals surface area contributed by atoms with Gasteiger partial charge in [0.05, 0.1) is 6.04 Å². The molecule has 36 heavy (non-hydrogen) atoms. The normalized spacial score (nSPS) is 13.7. The number of allylic oxidation sites excluding steroid dienone is 3. The Morgan fingerprint density at radius 2 is 1.44 bits per heavy atom. The lowest BCUT2D eigenvalue weighted by molar-refractivity contribution is 0.545. The van der Waals surface area contributed by atoms with Gasteiger partial charge in [0.1, 0.15) is 0 Å². The first-order valence-electron chi connectivity index (χ1n) is 12.8. The third-order valence-corrected chi connectivity index (χ3v) is 7.95. The van der Waals surface area contributed by atoms with E-state index in [2.05, 4.69) is 127 Å². The lowest BCUT2D eigenvalue weighted by Gasteiger charge is -2.24. The first-order chi connectivity index (χ1) is 17.2.